The summed E-state index contributed by atoms with van der Waals surface area (Å²) in [7, 11) is 1.87. The molecule has 2 rings (SSSR count). The van der Waals surface area contributed by atoms with Crippen molar-refractivity contribution in [3.63, 3.8) is 0 Å². The molecular weight excluding hydrogens is 228 g/mol. The summed E-state index contributed by atoms with van der Waals surface area (Å²) in [5.74, 6) is 0.950. The van der Waals surface area contributed by atoms with Gasteiger partial charge in [0.1, 0.15) is 5.82 Å². The summed E-state index contributed by atoms with van der Waals surface area (Å²) in [5.41, 5.74) is 1.19. The maximum Gasteiger partial charge on any atom is 0.217 e. The molecule has 18 heavy (non-hydrogen) atoms. The van der Waals surface area contributed by atoms with E-state index in [0.717, 1.165) is 31.7 Å². The molecule has 0 aromatic carbocycles. The van der Waals surface area contributed by atoms with Gasteiger partial charge in [0.2, 0.25) is 5.91 Å². The van der Waals surface area contributed by atoms with Crippen LogP contribution in [0.3, 0.4) is 0 Å². The third-order valence-corrected chi connectivity index (χ3v) is 3.27. The number of carbonyl (C=O) groups excluding carboxylic acids is 1. The zero-order valence-corrected chi connectivity index (χ0v) is 10.9. The molecule has 0 radical (unpaired) electrons. The Morgan fingerprint density at radius 3 is 2.78 bits per heavy atom. The van der Waals surface area contributed by atoms with Crippen molar-refractivity contribution in [2.24, 2.45) is 0 Å². The van der Waals surface area contributed by atoms with E-state index >= 15 is 0 Å². The summed E-state index contributed by atoms with van der Waals surface area (Å²) in [4.78, 5) is 17.6. The second-order valence-corrected chi connectivity index (χ2v) is 4.61. The maximum atomic E-state index is 11.0. The molecule has 0 aliphatic carbocycles. The van der Waals surface area contributed by atoms with Gasteiger partial charge in [0, 0.05) is 51.1 Å². The average Bonchev–Trinajstić information content (AvgIpc) is 2.39. The smallest absolute Gasteiger partial charge is 0.217 e. The van der Waals surface area contributed by atoms with E-state index in [0.29, 0.717) is 6.04 Å². The number of nitrogens with zero attached hydrogens (tertiary/aromatic N) is 2. The molecule has 0 spiro atoms. The minimum absolute atomic E-state index is 0.0647. The second-order valence-electron chi connectivity index (χ2n) is 4.61. The zero-order valence-electron chi connectivity index (χ0n) is 10.9. The fourth-order valence-corrected chi connectivity index (χ4v) is 2.32. The van der Waals surface area contributed by atoms with Crippen molar-refractivity contribution in [1.82, 2.24) is 10.3 Å². The minimum atomic E-state index is 0.0647. The Hall–Kier alpha value is -1.78. The molecule has 1 aliphatic heterocycles. The van der Waals surface area contributed by atoms with Crippen molar-refractivity contribution in [3.8, 4) is 0 Å². The monoisotopic (exact) mass is 248 g/mol. The first kappa shape index (κ1) is 12.7. The van der Waals surface area contributed by atoms with Gasteiger partial charge in [0.15, 0.2) is 0 Å². The van der Waals surface area contributed by atoms with E-state index in [2.05, 4.69) is 26.6 Å². The summed E-state index contributed by atoms with van der Waals surface area (Å²) in [6.45, 7) is 3.52. The van der Waals surface area contributed by atoms with Crippen molar-refractivity contribution in [1.29, 1.82) is 0 Å². The summed E-state index contributed by atoms with van der Waals surface area (Å²) in [6, 6.07) is 4.41. The van der Waals surface area contributed by atoms with E-state index in [1.54, 1.807) is 6.92 Å². The minimum Gasteiger partial charge on any atom is -0.373 e. The number of hydrogen-bond acceptors (Lipinski definition) is 4. The lowest BCUT2D eigenvalue weighted by atomic mass is 10.0. The van der Waals surface area contributed by atoms with Crippen LogP contribution in [-0.4, -0.2) is 37.1 Å². The van der Waals surface area contributed by atoms with Gasteiger partial charge in [0.05, 0.1) is 0 Å². The molecule has 0 unspecified atom stereocenters. The predicted molar refractivity (Wildman–Crippen MR) is 72.8 cm³/mol. The first-order valence-corrected chi connectivity index (χ1v) is 6.35. The van der Waals surface area contributed by atoms with E-state index in [9.17, 15) is 4.79 Å². The molecule has 1 aromatic rings. The molecule has 2 heterocycles. The van der Waals surface area contributed by atoms with Gasteiger partial charge in [-0.2, -0.15) is 0 Å². The van der Waals surface area contributed by atoms with Gasteiger partial charge in [-0.05, 0) is 18.9 Å². The number of carbonyl (C=O) groups is 1. The average molecular weight is 248 g/mol. The van der Waals surface area contributed by atoms with Gasteiger partial charge in [0.25, 0.3) is 0 Å². The zero-order chi connectivity index (χ0) is 13.0. The van der Waals surface area contributed by atoms with E-state index in [4.69, 9.17) is 0 Å². The lowest BCUT2D eigenvalue weighted by molar-refractivity contribution is -0.119. The van der Waals surface area contributed by atoms with Gasteiger partial charge in [-0.1, -0.05) is 0 Å². The number of anilines is 2. The lowest BCUT2D eigenvalue weighted by Crippen LogP contribution is -2.44. The maximum absolute atomic E-state index is 11.0. The highest BCUT2D eigenvalue weighted by molar-refractivity contribution is 5.73. The Morgan fingerprint density at radius 1 is 1.44 bits per heavy atom. The van der Waals surface area contributed by atoms with Gasteiger partial charge >= 0.3 is 0 Å². The second kappa shape index (κ2) is 5.71. The molecule has 5 nitrogen and oxygen atoms in total. The summed E-state index contributed by atoms with van der Waals surface area (Å²) < 4.78 is 0. The molecule has 0 atom stereocenters. The Kier molecular flexibility index (Phi) is 4.02. The standard InChI is InChI=1S/C13H20N4O/c1-10(18)16-11-4-7-17(8-5-11)12-3-6-15-13(9-12)14-2/h3,6,9,11H,4-5,7-8H2,1-2H3,(H,14,15)(H,16,18). The molecule has 2 N–H and O–H groups in total. The Labute approximate surface area is 108 Å². The van der Waals surface area contributed by atoms with Gasteiger partial charge < -0.3 is 15.5 Å². The van der Waals surface area contributed by atoms with Crippen LogP contribution >= 0.6 is 0 Å². The fourth-order valence-electron chi connectivity index (χ4n) is 2.32. The van der Waals surface area contributed by atoms with Crippen LogP contribution in [0.5, 0.6) is 0 Å². The highest BCUT2D eigenvalue weighted by Crippen LogP contribution is 2.21. The molecule has 1 aliphatic rings. The number of rotatable bonds is 3. The third-order valence-electron chi connectivity index (χ3n) is 3.27. The Bertz CT molecular complexity index is 413. The normalized spacial score (nSPS) is 16.4. The molecule has 0 bridgehead atoms. The predicted octanol–water partition coefficient (Wildman–Crippen LogP) is 1.23. The fraction of sp³-hybridized carbons (Fsp3) is 0.538. The Balaban J connectivity index is 1.94. The van der Waals surface area contributed by atoms with Crippen LogP contribution in [-0.2, 0) is 4.79 Å². The highest BCUT2D eigenvalue weighted by Gasteiger charge is 2.19. The highest BCUT2D eigenvalue weighted by atomic mass is 16.1. The van der Waals surface area contributed by atoms with Crippen molar-refractivity contribution < 1.29 is 4.79 Å². The first-order chi connectivity index (χ1) is 8.69. The SMILES string of the molecule is CNc1cc(N2CCC(NC(C)=O)CC2)ccn1. The first-order valence-electron chi connectivity index (χ1n) is 6.35. The van der Waals surface area contributed by atoms with Crippen LogP contribution in [0.1, 0.15) is 19.8 Å². The van der Waals surface area contributed by atoms with E-state index in [1.807, 2.05) is 19.3 Å². The molecule has 1 aromatic heterocycles. The number of hydrogen-bond donors (Lipinski definition) is 2. The molecule has 5 heteroatoms. The molecule has 98 valence electrons. The molecule has 1 amide bonds. The summed E-state index contributed by atoms with van der Waals surface area (Å²) >= 11 is 0. The molecule has 1 fully saturated rings. The van der Waals surface area contributed by atoms with Gasteiger partial charge in [-0.15, -0.1) is 0 Å². The van der Waals surface area contributed by atoms with Crippen LogP contribution < -0.4 is 15.5 Å². The molecular formula is C13H20N4O. The molecule has 1 saturated heterocycles. The van der Waals surface area contributed by atoms with E-state index in [-0.39, 0.29) is 5.91 Å². The van der Waals surface area contributed by atoms with Gasteiger partial charge in [-0.3, -0.25) is 4.79 Å². The van der Waals surface area contributed by atoms with Crippen LogP contribution in [0.2, 0.25) is 0 Å². The van der Waals surface area contributed by atoms with Crippen LogP contribution in [0.15, 0.2) is 18.3 Å². The number of amides is 1. The third kappa shape index (κ3) is 3.12. The summed E-state index contributed by atoms with van der Waals surface area (Å²) in [5, 5.41) is 6.03. The number of nitrogens with one attached hydrogen (secondary N) is 2. The quantitative estimate of drug-likeness (QED) is 0.844. The topological polar surface area (TPSA) is 57.3 Å². The van der Waals surface area contributed by atoms with Crippen molar-refractivity contribution in [2.45, 2.75) is 25.8 Å². The van der Waals surface area contributed by atoms with Crippen molar-refractivity contribution >= 4 is 17.4 Å². The van der Waals surface area contributed by atoms with Gasteiger partial charge in [-0.25, -0.2) is 4.98 Å². The van der Waals surface area contributed by atoms with Crippen LogP contribution in [0.4, 0.5) is 11.5 Å². The summed E-state index contributed by atoms with van der Waals surface area (Å²) in [6.07, 6.45) is 3.81. The lowest BCUT2D eigenvalue weighted by Gasteiger charge is -2.33. The van der Waals surface area contributed by atoms with E-state index < -0.39 is 0 Å². The van der Waals surface area contributed by atoms with Crippen molar-refractivity contribution in [2.75, 3.05) is 30.4 Å². The Morgan fingerprint density at radius 2 is 2.17 bits per heavy atom. The van der Waals surface area contributed by atoms with Crippen LogP contribution in [0, 0.1) is 0 Å². The van der Waals surface area contributed by atoms with Crippen molar-refractivity contribution in [3.05, 3.63) is 18.3 Å². The van der Waals surface area contributed by atoms with Crippen LogP contribution in [0.25, 0.3) is 0 Å². The number of aromatic nitrogens is 1. The number of pyridine rings is 1. The van der Waals surface area contributed by atoms with E-state index in [1.165, 1.54) is 5.69 Å². The molecule has 0 saturated carbocycles. The number of piperidine rings is 1. The largest absolute Gasteiger partial charge is 0.373 e.